The maximum Gasteiger partial charge on any atom is 0.140 e. The van der Waals surface area contributed by atoms with Crippen LogP contribution < -0.4 is 15.8 Å². The number of benzene rings is 3. The van der Waals surface area contributed by atoms with E-state index >= 15 is 0 Å². The number of allylic oxidation sites excluding steroid dienone is 2. The Morgan fingerprint density at radius 2 is 1.68 bits per heavy atom. The highest BCUT2D eigenvalue weighted by atomic mass is 19.1. The summed E-state index contributed by atoms with van der Waals surface area (Å²) in [4.78, 5) is 0. The van der Waals surface area contributed by atoms with Crippen molar-refractivity contribution in [3.63, 3.8) is 0 Å². The van der Waals surface area contributed by atoms with E-state index in [2.05, 4.69) is 46.8 Å². The van der Waals surface area contributed by atoms with Gasteiger partial charge in [0.2, 0.25) is 0 Å². The molecule has 4 aromatic rings. The Morgan fingerprint density at radius 3 is 2.37 bits per heavy atom. The van der Waals surface area contributed by atoms with Gasteiger partial charge in [0.15, 0.2) is 0 Å². The third kappa shape index (κ3) is 4.52. The largest absolute Gasteiger partial charge is 0.491 e. The zero-order valence-corrected chi connectivity index (χ0v) is 21.6. The molecular weight excluding hydrogens is 475 g/mol. The van der Waals surface area contributed by atoms with Crippen molar-refractivity contribution in [1.82, 2.24) is 9.78 Å². The summed E-state index contributed by atoms with van der Waals surface area (Å²) in [5, 5.41) is 8.11. The molecule has 1 saturated carbocycles. The number of rotatable bonds is 6. The maximum absolute atomic E-state index is 14.5. The molecule has 0 spiro atoms. The molecule has 192 valence electrons. The number of anilines is 1. The van der Waals surface area contributed by atoms with Crippen LogP contribution in [-0.4, -0.2) is 15.9 Å². The molecule has 1 aromatic heterocycles. The van der Waals surface area contributed by atoms with E-state index in [1.807, 2.05) is 55.2 Å². The second kappa shape index (κ2) is 9.62. The molecule has 1 aliphatic heterocycles. The Labute approximate surface area is 222 Å². The SMILES string of the molecule is CC(C)Oc1cc(F)cc(-c2cnn3c2NC=C(c2ccc(C4(N)CCC4)cc2)C(c2ccccc2)=C3)c1. The minimum absolute atomic E-state index is 0.0567. The van der Waals surface area contributed by atoms with Crippen molar-refractivity contribution in [2.45, 2.75) is 44.8 Å². The van der Waals surface area contributed by atoms with E-state index in [1.54, 1.807) is 6.20 Å². The Balaban J connectivity index is 1.43. The van der Waals surface area contributed by atoms with Crippen LogP contribution in [0.1, 0.15) is 49.8 Å². The topological polar surface area (TPSA) is 65.1 Å². The van der Waals surface area contributed by atoms with Crippen LogP contribution in [-0.2, 0) is 5.54 Å². The number of fused-ring (bicyclic) bond motifs is 1. The van der Waals surface area contributed by atoms with Gasteiger partial charge in [-0.1, -0.05) is 54.6 Å². The lowest BCUT2D eigenvalue weighted by Crippen LogP contribution is -2.43. The van der Waals surface area contributed by atoms with Gasteiger partial charge in [-0.05, 0) is 67.5 Å². The van der Waals surface area contributed by atoms with Gasteiger partial charge in [-0.3, -0.25) is 0 Å². The molecule has 6 rings (SSSR count). The fourth-order valence-corrected chi connectivity index (χ4v) is 5.20. The van der Waals surface area contributed by atoms with Crippen LogP contribution in [0.2, 0.25) is 0 Å². The minimum Gasteiger partial charge on any atom is -0.491 e. The van der Waals surface area contributed by atoms with Crippen molar-refractivity contribution in [2.24, 2.45) is 5.73 Å². The lowest BCUT2D eigenvalue weighted by molar-refractivity contribution is 0.241. The second-order valence-corrected chi connectivity index (χ2v) is 10.4. The van der Waals surface area contributed by atoms with Crippen molar-refractivity contribution >= 4 is 23.2 Å². The summed E-state index contributed by atoms with van der Waals surface area (Å²) in [6.07, 6.45) is 8.96. The zero-order valence-electron chi connectivity index (χ0n) is 21.6. The van der Waals surface area contributed by atoms with Gasteiger partial charge in [-0.25, -0.2) is 9.07 Å². The molecular formula is C32H31FN4O. The lowest BCUT2D eigenvalue weighted by atomic mass is 9.72. The highest BCUT2D eigenvalue weighted by Crippen LogP contribution is 2.41. The molecule has 6 heteroatoms. The summed E-state index contributed by atoms with van der Waals surface area (Å²) >= 11 is 0. The van der Waals surface area contributed by atoms with Crippen molar-refractivity contribution in [2.75, 3.05) is 5.32 Å². The lowest BCUT2D eigenvalue weighted by Gasteiger charge is -2.38. The Kier molecular flexibility index (Phi) is 6.12. The number of nitrogens with one attached hydrogen (secondary N) is 1. The predicted octanol–water partition coefficient (Wildman–Crippen LogP) is 7.28. The molecule has 1 fully saturated rings. The van der Waals surface area contributed by atoms with Gasteiger partial charge in [0.05, 0.1) is 12.3 Å². The number of nitrogens with zero attached hydrogens (tertiary/aromatic N) is 2. The quantitative estimate of drug-likeness (QED) is 0.288. The average molecular weight is 507 g/mol. The van der Waals surface area contributed by atoms with Crippen LogP contribution in [0.4, 0.5) is 10.2 Å². The number of halogens is 1. The van der Waals surface area contributed by atoms with E-state index in [0.29, 0.717) is 11.3 Å². The Morgan fingerprint density at radius 1 is 0.947 bits per heavy atom. The van der Waals surface area contributed by atoms with Gasteiger partial charge >= 0.3 is 0 Å². The molecule has 3 aromatic carbocycles. The van der Waals surface area contributed by atoms with Crippen molar-refractivity contribution < 1.29 is 9.13 Å². The smallest absolute Gasteiger partial charge is 0.140 e. The molecule has 0 amide bonds. The molecule has 0 saturated heterocycles. The molecule has 0 bridgehead atoms. The van der Waals surface area contributed by atoms with Crippen molar-refractivity contribution in [3.8, 4) is 16.9 Å². The van der Waals surface area contributed by atoms with Gasteiger partial charge in [0.1, 0.15) is 17.4 Å². The number of ether oxygens (including phenoxy) is 1. The van der Waals surface area contributed by atoms with Gasteiger partial charge in [-0.2, -0.15) is 5.10 Å². The van der Waals surface area contributed by atoms with Crippen molar-refractivity contribution in [1.29, 1.82) is 0 Å². The fourth-order valence-electron chi connectivity index (χ4n) is 5.20. The first-order chi connectivity index (χ1) is 18.4. The number of nitrogens with two attached hydrogens (primary N) is 1. The standard InChI is InChI=1S/C32H31FN4O/c1-21(2)38-27-16-24(15-26(33)17-27)29-19-36-37-20-30(22-7-4-3-5-8-22)28(18-35-31(29)37)23-9-11-25(12-10-23)32(34)13-6-14-32/h3-5,7-12,15-21,35H,6,13-14,34H2,1-2H3. The minimum atomic E-state index is -0.354. The van der Waals surface area contributed by atoms with E-state index in [0.717, 1.165) is 46.5 Å². The second-order valence-electron chi connectivity index (χ2n) is 10.4. The van der Waals surface area contributed by atoms with Crippen LogP contribution in [0.3, 0.4) is 0 Å². The third-order valence-corrected chi connectivity index (χ3v) is 7.35. The highest BCUT2D eigenvalue weighted by molar-refractivity contribution is 6.10. The van der Waals surface area contributed by atoms with E-state index in [9.17, 15) is 4.39 Å². The van der Waals surface area contributed by atoms with Crippen LogP contribution in [0.5, 0.6) is 5.75 Å². The molecule has 1 aliphatic carbocycles. The van der Waals surface area contributed by atoms with Crippen LogP contribution in [0, 0.1) is 5.82 Å². The number of aromatic nitrogens is 2. The first-order valence-electron chi connectivity index (χ1n) is 13.1. The van der Waals surface area contributed by atoms with E-state index in [1.165, 1.54) is 24.1 Å². The van der Waals surface area contributed by atoms with Crippen LogP contribution in [0.15, 0.2) is 85.2 Å². The van der Waals surface area contributed by atoms with Gasteiger partial charge < -0.3 is 15.8 Å². The average Bonchev–Trinajstić information content (AvgIpc) is 3.19. The molecule has 3 N–H and O–H groups in total. The molecule has 38 heavy (non-hydrogen) atoms. The predicted molar refractivity (Wildman–Crippen MR) is 152 cm³/mol. The molecule has 2 aliphatic rings. The Bertz CT molecular complexity index is 1530. The fraction of sp³-hybridized carbons (Fsp3) is 0.219. The summed E-state index contributed by atoms with van der Waals surface area (Å²) in [5.74, 6) is 0.888. The zero-order chi connectivity index (χ0) is 26.3. The molecule has 5 nitrogen and oxygen atoms in total. The molecule has 0 atom stereocenters. The van der Waals surface area contributed by atoms with E-state index in [4.69, 9.17) is 10.5 Å². The van der Waals surface area contributed by atoms with Gasteiger partial charge in [0.25, 0.3) is 0 Å². The number of hydrogen-bond acceptors (Lipinski definition) is 4. The van der Waals surface area contributed by atoms with E-state index < -0.39 is 0 Å². The van der Waals surface area contributed by atoms with Crippen molar-refractivity contribution in [3.05, 3.63) is 108 Å². The monoisotopic (exact) mass is 506 g/mol. The summed E-state index contributed by atoms with van der Waals surface area (Å²) in [6, 6.07) is 23.6. The van der Waals surface area contributed by atoms with Gasteiger partial charge in [-0.15, -0.1) is 0 Å². The normalized spacial score (nSPS) is 16.0. The summed E-state index contributed by atoms with van der Waals surface area (Å²) in [7, 11) is 0. The molecule has 0 unspecified atom stereocenters. The first-order valence-corrected chi connectivity index (χ1v) is 13.1. The Hall–Kier alpha value is -4.16. The summed E-state index contributed by atoms with van der Waals surface area (Å²) in [5.41, 5.74) is 13.2. The number of hydrogen-bond donors (Lipinski definition) is 2. The molecule has 2 heterocycles. The molecule has 0 radical (unpaired) electrons. The highest BCUT2D eigenvalue weighted by Gasteiger charge is 2.34. The van der Waals surface area contributed by atoms with E-state index in [-0.39, 0.29) is 17.5 Å². The van der Waals surface area contributed by atoms with Gasteiger partial charge in [0, 0.05) is 40.7 Å². The first kappa shape index (κ1) is 24.2. The van der Waals surface area contributed by atoms with Crippen LogP contribution in [0.25, 0.3) is 28.5 Å². The maximum atomic E-state index is 14.5. The summed E-state index contributed by atoms with van der Waals surface area (Å²) < 4.78 is 22.1. The third-order valence-electron chi connectivity index (χ3n) is 7.35. The van der Waals surface area contributed by atoms with Crippen LogP contribution >= 0.6 is 0 Å². The summed E-state index contributed by atoms with van der Waals surface area (Å²) in [6.45, 7) is 3.85.